The van der Waals surface area contributed by atoms with Gasteiger partial charge in [0, 0.05) is 5.41 Å². The van der Waals surface area contributed by atoms with Crippen LogP contribution >= 0.6 is 0 Å². The molecule has 0 aromatic heterocycles. The maximum Gasteiger partial charge on any atom is 0.00418 e. The highest BCUT2D eigenvalue weighted by molar-refractivity contribution is 5.47. The maximum absolute atomic E-state index is 4.14. The van der Waals surface area contributed by atoms with Gasteiger partial charge in [0.15, 0.2) is 0 Å². The summed E-state index contributed by atoms with van der Waals surface area (Å²) in [4.78, 5) is 0. The van der Waals surface area contributed by atoms with Crippen molar-refractivity contribution in [2.75, 3.05) is 0 Å². The van der Waals surface area contributed by atoms with Crippen LogP contribution < -0.4 is 0 Å². The van der Waals surface area contributed by atoms with E-state index in [2.05, 4.69) is 33.4 Å². The maximum atomic E-state index is 4.14. The molecule has 1 saturated carbocycles. The SMILES string of the molecule is C=C1C=C(C)C2CC12C(C)C. The molecule has 0 aromatic rings. The zero-order valence-corrected chi connectivity index (χ0v) is 7.65. The van der Waals surface area contributed by atoms with Crippen LogP contribution in [0.1, 0.15) is 27.2 Å². The molecule has 0 nitrogen and oxygen atoms in total. The Bertz CT molecular complexity index is 245. The summed E-state index contributed by atoms with van der Waals surface area (Å²) in [6.07, 6.45) is 3.65. The second-order valence-electron chi connectivity index (χ2n) is 4.37. The minimum absolute atomic E-state index is 0.504. The Hall–Kier alpha value is -0.520. The first kappa shape index (κ1) is 7.15. The van der Waals surface area contributed by atoms with Crippen LogP contribution in [-0.4, -0.2) is 0 Å². The minimum atomic E-state index is 0.504. The highest BCUT2D eigenvalue weighted by atomic mass is 14.6. The third-order valence-corrected chi connectivity index (χ3v) is 3.58. The van der Waals surface area contributed by atoms with Crippen molar-refractivity contribution in [3.8, 4) is 0 Å². The molecule has 0 spiro atoms. The van der Waals surface area contributed by atoms with E-state index in [1.54, 1.807) is 5.57 Å². The van der Waals surface area contributed by atoms with Crippen molar-refractivity contribution in [3.05, 3.63) is 23.8 Å². The van der Waals surface area contributed by atoms with Gasteiger partial charge in [-0.1, -0.05) is 32.1 Å². The number of hydrogen-bond acceptors (Lipinski definition) is 0. The first-order chi connectivity index (χ1) is 5.09. The first-order valence-corrected chi connectivity index (χ1v) is 4.46. The fourth-order valence-corrected chi connectivity index (χ4v) is 2.72. The molecule has 1 fully saturated rings. The van der Waals surface area contributed by atoms with E-state index in [1.807, 2.05) is 0 Å². The Morgan fingerprint density at radius 3 is 2.45 bits per heavy atom. The Morgan fingerprint density at radius 2 is 2.27 bits per heavy atom. The quantitative estimate of drug-likeness (QED) is 0.536. The van der Waals surface area contributed by atoms with Gasteiger partial charge < -0.3 is 0 Å². The van der Waals surface area contributed by atoms with Crippen molar-refractivity contribution >= 4 is 0 Å². The Balaban J connectivity index is 2.33. The van der Waals surface area contributed by atoms with Crippen molar-refractivity contribution in [3.63, 3.8) is 0 Å². The lowest BCUT2D eigenvalue weighted by Crippen LogP contribution is -2.10. The molecule has 2 rings (SSSR count). The van der Waals surface area contributed by atoms with E-state index in [4.69, 9.17) is 0 Å². The Morgan fingerprint density at radius 1 is 1.64 bits per heavy atom. The molecule has 2 unspecified atom stereocenters. The van der Waals surface area contributed by atoms with Crippen LogP contribution in [0.25, 0.3) is 0 Å². The molecule has 2 atom stereocenters. The van der Waals surface area contributed by atoms with Gasteiger partial charge in [0.05, 0.1) is 0 Å². The highest BCUT2D eigenvalue weighted by Crippen LogP contribution is 2.69. The molecule has 11 heavy (non-hydrogen) atoms. The average Bonchev–Trinajstić information content (AvgIpc) is 2.56. The summed E-state index contributed by atoms with van der Waals surface area (Å²) >= 11 is 0. The van der Waals surface area contributed by atoms with Crippen LogP contribution in [-0.2, 0) is 0 Å². The predicted octanol–water partition coefficient (Wildman–Crippen LogP) is 3.16. The lowest BCUT2D eigenvalue weighted by atomic mass is 9.86. The summed E-state index contributed by atoms with van der Waals surface area (Å²) in [6.45, 7) is 11.0. The molecule has 0 saturated heterocycles. The molecule has 2 aliphatic carbocycles. The first-order valence-electron chi connectivity index (χ1n) is 4.46. The largest absolute Gasteiger partial charge is 0.0952 e. The van der Waals surface area contributed by atoms with Crippen LogP contribution in [0, 0.1) is 17.3 Å². The van der Waals surface area contributed by atoms with Crippen molar-refractivity contribution in [1.82, 2.24) is 0 Å². The second kappa shape index (κ2) is 1.80. The van der Waals surface area contributed by atoms with Gasteiger partial charge in [0.1, 0.15) is 0 Å². The molecule has 0 aliphatic heterocycles. The second-order valence-corrected chi connectivity index (χ2v) is 4.37. The summed E-state index contributed by atoms with van der Waals surface area (Å²) in [5, 5.41) is 0. The van der Waals surface area contributed by atoms with Crippen molar-refractivity contribution in [2.24, 2.45) is 17.3 Å². The minimum Gasteiger partial charge on any atom is -0.0952 e. The number of hydrogen-bond donors (Lipinski definition) is 0. The fourth-order valence-electron chi connectivity index (χ4n) is 2.72. The summed E-state index contributed by atoms with van der Waals surface area (Å²) in [7, 11) is 0. The van der Waals surface area contributed by atoms with E-state index in [9.17, 15) is 0 Å². The third-order valence-electron chi connectivity index (χ3n) is 3.58. The molecule has 2 aliphatic rings. The zero-order valence-electron chi connectivity index (χ0n) is 7.65. The summed E-state index contributed by atoms with van der Waals surface area (Å²) in [6, 6.07) is 0. The monoisotopic (exact) mass is 148 g/mol. The van der Waals surface area contributed by atoms with Crippen LogP contribution in [0.5, 0.6) is 0 Å². The van der Waals surface area contributed by atoms with Crippen molar-refractivity contribution < 1.29 is 0 Å². The molecule has 60 valence electrons. The van der Waals surface area contributed by atoms with Gasteiger partial charge in [-0.05, 0) is 30.8 Å². The molecule has 0 radical (unpaired) electrons. The van der Waals surface area contributed by atoms with Gasteiger partial charge in [0.2, 0.25) is 0 Å². The van der Waals surface area contributed by atoms with Crippen LogP contribution in [0.15, 0.2) is 23.8 Å². The van der Waals surface area contributed by atoms with E-state index >= 15 is 0 Å². The van der Waals surface area contributed by atoms with E-state index in [0.29, 0.717) is 5.41 Å². The van der Waals surface area contributed by atoms with Crippen LogP contribution in [0.3, 0.4) is 0 Å². The number of rotatable bonds is 1. The lowest BCUT2D eigenvalue weighted by Gasteiger charge is -2.18. The summed E-state index contributed by atoms with van der Waals surface area (Å²) in [5.74, 6) is 1.63. The fraction of sp³-hybridized carbons (Fsp3) is 0.636. The van der Waals surface area contributed by atoms with Gasteiger partial charge in [-0.25, -0.2) is 0 Å². The average molecular weight is 148 g/mol. The van der Waals surface area contributed by atoms with Gasteiger partial charge in [0.25, 0.3) is 0 Å². The standard InChI is InChI=1S/C11H16/c1-7(2)11-6-10(11)8(3)5-9(11)4/h5,7,10H,4,6H2,1-3H3. The zero-order chi connectivity index (χ0) is 8.22. The van der Waals surface area contributed by atoms with Gasteiger partial charge >= 0.3 is 0 Å². The molecule has 0 aromatic carbocycles. The van der Waals surface area contributed by atoms with Crippen molar-refractivity contribution in [1.29, 1.82) is 0 Å². The topological polar surface area (TPSA) is 0 Å². The predicted molar refractivity (Wildman–Crippen MR) is 48.3 cm³/mol. The van der Waals surface area contributed by atoms with E-state index in [1.165, 1.54) is 12.0 Å². The molecule has 0 bridgehead atoms. The summed E-state index contributed by atoms with van der Waals surface area (Å²) < 4.78 is 0. The van der Waals surface area contributed by atoms with E-state index < -0.39 is 0 Å². The smallest absolute Gasteiger partial charge is 0.00418 e. The Kier molecular flexibility index (Phi) is 1.17. The number of allylic oxidation sites excluding steroid dienone is 3. The van der Waals surface area contributed by atoms with E-state index in [0.717, 1.165) is 11.8 Å². The van der Waals surface area contributed by atoms with Gasteiger partial charge in [-0.3, -0.25) is 0 Å². The molecule has 0 amide bonds. The van der Waals surface area contributed by atoms with E-state index in [-0.39, 0.29) is 0 Å². The van der Waals surface area contributed by atoms with Gasteiger partial charge in [-0.15, -0.1) is 0 Å². The molecule has 0 heteroatoms. The normalized spacial score (nSPS) is 40.9. The number of fused-ring (bicyclic) bond motifs is 1. The lowest BCUT2D eigenvalue weighted by molar-refractivity contribution is 0.417. The third kappa shape index (κ3) is 0.654. The van der Waals surface area contributed by atoms with Crippen LogP contribution in [0.4, 0.5) is 0 Å². The van der Waals surface area contributed by atoms with Gasteiger partial charge in [-0.2, -0.15) is 0 Å². The van der Waals surface area contributed by atoms with Crippen molar-refractivity contribution in [2.45, 2.75) is 27.2 Å². The molecule has 0 heterocycles. The highest BCUT2D eigenvalue weighted by Gasteiger charge is 2.60. The van der Waals surface area contributed by atoms with Crippen LogP contribution in [0.2, 0.25) is 0 Å². The Labute approximate surface area is 69.0 Å². The molecule has 0 N–H and O–H groups in total. The summed E-state index contributed by atoms with van der Waals surface area (Å²) in [5.41, 5.74) is 3.45. The molecular weight excluding hydrogens is 132 g/mol. The molecular formula is C11H16.